The van der Waals surface area contributed by atoms with Crippen LogP contribution in [0.25, 0.3) is 11.1 Å². The molecule has 0 aromatic heterocycles. The van der Waals surface area contributed by atoms with E-state index >= 15 is 0 Å². The molecule has 25 heavy (non-hydrogen) atoms. The van der Waals surface area contributed by atoms with E-state index in [9.17, 15) is 4.79 Å². The van der Waals surface area contributed by atoms with E-state index in [0.29, 0.717) is 27.5 Å². The number of hydrogen-bond donors (Lipinski definition) is 0. The van der Waals surface area contributed by atoms with Crippen molar-refractivity contribution in [2.24, 2.45) is 0 Å². The summed E-state index contributed by atoms with van der Waals surface area (Å²) >= 11 is 5.86. The van der Waals surface area contributed by atoms with Gasteiger partial charge >= 0.3 is 0 Å². The summed E-state index contributed by atoms with van der Waals surface area (Å²) in [6.45, 7) is 0. The normalized spacial score (nSPS) is 10.1. The highest BCUT2D eigenvalue weighted by Gasteiger charge is 2.10. The maximum atomic E-state index is 12.5. The first kappa shape index (κ1) is 16.8. The summed E-state index contributed by atoms with van der Waals surface area (Å²) in [6.07, 6.45) is 0. The van der Waals surface area contributed by atoms with Gasteiger partial charge in [-0.25, -0.2) is 0 Å². The maximum Gasteiger partial charge on any atom is 0.193 e. The number of carbonyl (C=O) groups excluding carboxylic acids is 1. The fourth-order valence-electron chi connectivity index (χ4n) is 2.53. The SMILES string of the molecule is COc1cc(C#N)cc(-c2ccc(C(=O)c3ccc(Cl)cc3)cc2)c1. The molecule has 0 heterocycles. The Morgan fingerprint density at radius 3 is 2.08 bits per heavy atom. The molecule has 3 rings (SSSR count). The van der Waals surface area contributed by atoms with E-state index < -0.39 is 0 Å². The van der Waals surface area contributed by atoms with Crippen LogP contribution in [-0.4, -0.2) is 12.9 Å². The minimum atomic E-state index is -0.0634. The van der Waals surface area contributed by atoms with Gasteiger partial charge in [-0.3, -0.25) is 4.79 Å². The molecule has 0 atom stereocenters. The minimum absolute atomic E-state index is 0.0634. The molecule has 122 valence electrons. The van der Waals surface area contributed by atoms with Gasteiger partial charge in [-0.2, -0.15) is 5.26 Å². The molecule has 0 fully saturated rings. The van der Waals surface area contributed by atoms with Crippen LogP contribution < -0.4 is 4.74 Å². The first-order valence-corrected chi connectivity index (χ1v) is 7.98. The number of nitrogens with zero attached hydrogens (tertiary/aromatic N) is 1. The topological polar surface area (TPSA) is 50.1 Å². The number of hydrogen-bond acceptors (Lipinski definition) is 3. The summed E-state index contributed by atoms with van der Waals surface area (Å²) in [5.74, 6) is 0.557. The first-order chi connectivity index (χ1) is 12.1. The molecule has 3 aromatic rings. The lowest BCUT2D eigenvalue weighted by Gasteiger charge is -2.07. The smallest absolute Gasteiger partial charge is 0.193 e. The second-order valence-corrected chi connectivity index (χ2v) is 5.91. The second kappa shape index (κ2) is 7.21. The summed E-state index contributed by atoms with van der Waals surface area (Å²) in [7, 11) is 1.56. The van der Waals surface area contributed by atoms with Gasteiger partial charge in [0.2, 0.25) is 0 Å². The number of carbonyl (C=O) groups is 1. The Morgan fingerprint density at radius 2 is 1.52 bits per heavy atom. The molecule has 3 aromatic carbocycles. The summed E-state index contributed by atoms with van der Waals surface area (Å²) in [6, 6.07) is 21.5. The lowest BCUT2D eigenvalue weighted by Crippen LogP contribution is -2.00. The van der Waals surface area contributed by atoms with Crippen molar-refractivity contribution in [2.75, 3.05) is 7.11 Å². The van der Waals surface area contributed by atoms with Gasteiger partial charge in [0.15, 0.2) is 5.78 Å². The number of methoxy groups -OCH3 is 1. The zero-order valence-electron chi connectivity index (χ0n) is 13.5. The van der Waals surface area contributed by atoms with Crippen molar-refractivity contribution in [3.63, 3.8) is 0 Å². The summed E-state index contributed by atoms with van der Waals surface area (Å²) < 4.78 is 5.23. The van der Waals surface area contributed by atoms with Crippen molar-refractivity contribution in [3.8, 4) is 22.9 Å². The Morgan fingerprint density at radius 1 is 0.920 bits per heavy atom. The highest BCUT2D eigenvalue weighted by Crippen LogP contribution is 2.26. The zero-order valence-corrected chi connectivity index (χ0v) is 14.2. The fourth-order valence-corrected chi connectivity index (χ4v) is 2.66. The first-order valence-electron chi connectivity index (χ1n) is 7.60. The van der Waals surface area contributed by atoms with Gasteiger partial charge in [0.05, 0.1) is 18.7 Å². The third kappa shape index (κ3) is 3.71. The number of halogens is 1. The highest BCUT2D eigenvalue weighted by atomic mass is 35.5. The molecular weight excluding hydrogens is 334 g/mol. The Hall–Kier alpha value is -3.09. The summed E-state index contributed by atoms with van der Waals surface area (Å²) in [5.41, 5.74) is 3.47. The predicted molar refractivity (Wildman–Crippen MR) is 98.0 cm³/mol. The standard InChI is InChI=1S/C21H14ClNO2/c1-25-20-11-14(13-23)10-18(12-20)15-2-4-16(5-3-15)21(24)17-6-8-19(22)9-7-17/h2-12H,1H3. The van der Waals surface area contributed by atoms with E-state index in [1.54, 1.807) is 55.6 Å². The maximum absolute atomic E-state index is 12.5. The Bertz CT molecular complexity index is 955. The molecule has 0 radical (unpaired) electrons. The van der Waals surface area contributed by atoms with E-state index in [4.69, 9.17) is 21.6 Å². The summed E-state index contributed by atoms with van der Waals surface area (Å²) in [4.78, 5) is 12.5. The lowest BCUT2D eigenvalue weighted by molar-refractivity contribution is 0.103. The molecular formula is C21H14ClNO2. The number of ketones is 1. The molecule has 0 aliphatic rings. The van der Waals surface area contributed by atoms with Crippen LogP contribution in [0.5, 0.6) is 5.75 Å². The van der Waals surface area contributed by atoms with Crippen molar-refractivity contribution < 1.29 is 9.53 Å². The molecule has 3 nitrogen and oxygen atoms in total. The van der Waals surface area contributed by atoms with Gasteiger partial charge in [-0.1, -0.05) is 35.9 Å². The minimum Gasteiger partial charge on any atom is -0.497 e. The summed E-state index contributed by atoms with van der Waals surface area (Å²) in [5, 5.41) is 9.73. The Balaban J connectivity index is 1.91. The van der Waals surface area contributed by atoms with E-state index in [-0.39, 0.29) is 5.78 Å². The molecule has 0 unspecified atom stereocenters. The third-order valence-electron chi connectivity index (χ3n) is 3.86. The van der Waals surface area contributed by atoms with E-state index in [1.165, 1.54) is 0 Å². The van der Waals surface area contributed by atoms with Crippen molar-refractivity contribution in [1.82, 2.24) is 0 Å². The van der Waals surface area contributed by atoms with Crippen LogP contribution in [0, 0.1) is 11.3 Å². The van der Waals surface area contributed by atoms with Gasteiger partial charge in [-0.15, -0.1) is 0 Å². The quantitative estimate of drug-likeness (QED) is 0.615. The molecule has 0 spiro atoms. The number of rotatable bonds is 4. The van der Waals surface area contributed by atoms with Crippen LogP contribution in [0.4, 0.5) is 0 Å². The monoisotopic (exact) mass is 347 g/mol. The van der Waals surface area contributed by atoms with Crippen molar-refractivity contribution in [2.45, 2.75) is 0 Å². The molecule has 0 amide bonds. The number of benzene rings is 3. The molecule has 0 bridgehead atoms. The molecule has 0 aliphatic carbocycles. The molecule has 0 saturated heterocycles. The van der Waals surface area contributed by atoms with Gasteiger partial charge < -0.3 is 4.74 Å². The van der Waals surface area contributed by atoms with Crippen LogP contribution in [0.15, 0.2) is 66.7 Å². The van der Waals surface area contributed by atoms with Gasteiger partial charge in [0.25, 0.3) is 0 Å². The van der Waals surface area contributed by atoms with Crippen molar-refractivity contribution >= 4 is 17.4 Å². The number of nitriles is 1. The molecule has 0 N–H and O–H groups in total. The lowest BCUT2D eigenvalue weighted by atomic mass is 9.98. The average Bonchev–Trinajstić information content (AvgIpc) is 2.67. The second-order valence-electron chi connectivity index (χ2n) is 5.48. The van der Waals surface area contributed by atoms with Gasteiger partial charge in [-0.05, 0) is 53.6 Å². The third-order valence-corrected chi connectivity index (χ3v) is 4.11. The predicted octanol–water partition coefficient (Wildman–Crippen LogP) is 5.12. The Kier molecular flexibility index (Phi) is 4.83. The Labute approximate surface area is 151 Å². The van der Waals surface area contributed by atoms with E-state index in [2.05, 4.69) is 6.07 Å². The van der Waals surface area contributed by atoms with Crippen LogP contribution >= 0.6 is 11.6 Å². The van der Waals surface area contributed by atoms with Crippen LogP contribution in [-0.2, 0) is 0 Å². The van der Waals surface area contributed by atoms with Gasteiger partial charge in [0.1, 0.15) is 5.75 Å². The van der Waals surface area contributed by atoms with Crippen LogP contribution in [0.1, 0.15) is 21.5 Å². The van der Waals surface area contributed by atoms with Crippen molar-refractivity contribution in [1.29, 1.82) is 5.26 Å². The van der Waals surface area contributed by atoms with Crippen molar-refractivity contribution in [3.05, 3.63) is 88.4 Å². The molecule has 0 aliphatic heterocycles. The van der Waals surface area contributed by atoms with E-state index in [0.717, 1.165) is 11.1 Å². The molecule has 0 saturated carbocycles. The highest BCUT2D eigenvalue weighted by molar-refractivity contribution is 6.30. The van der Waals surface area contributed by atoms with E-state index in [1.807, 2.05) is 18.2 Å². The largest absolute Gasteiger partial charge is 0.497 e. The number of ether oxygens (including phenoxy) is 1. The average molecular weight is 348 g/mol. The zero-order chi connectivity index (χ0) is 17.8. The fraction of sp³-hybridized carbons (Fsp3) is 0.0476. The molecule has 4 heteroatoms. The van der Waals surface area contributed by atoms with Crippen LogP contribution in [0.3, 0.4) is 0 Å². The van der Waals surface area contributed by atoms with Crippen LogP contribution in [0.2, 0.25) is 5.02 Å². The van der Waals surface area contributed by atoms with Gasteiger partial charge in [0, 0.05) is 16.1 Å².